The number of nitrogens with zero attached hydrogens (tertiary/aromatic N) is 1. The number of nitrogens with one attached hydrogen (secondary N) is 1. The number of para-hydroxylation sites is 1. The molecule has 0 aliphatic rings. The van der Waals surface area contributed by atoms with Crippen LogP contribution in [0.15, 0.2) is 24.3 Å². The Morgan fingerprint density at radius 1 is 1.41 bits per heavy atom. The van der Waals surface area contributed by atoms with Crippen molar-refractivity contribution in [3.05, 3.63) is 29.3 Å². The lowest BCUT2D eigenvalue weighted by atomic mass is 10.1. The number of fused-ring (bicyclic) bond motifs is 1. The van der Waals surface area contributed by atoms with Gasteiger partial charge >= 0.3 is 0 Å². The van der Waals surface area contributed by atoms with E-state index < -0.39 is 0 Å². The highest BCUT2D eigenvalue weighted by Gasteiger charge is 2.04. The predicted octanol–water partition coefficient (Wildman–Crippen LogP) is 3.65. The molecule has 2 nitrogen and oxygen atoms in total. The number of halogens is 1. The molecule has 1 atom stereocenters. The van der Waals surface area contributed by atoms with E-state index in [1.807, 2.05) is 6.07 Å². The van der Waals surface area contributed by atoms with Gasteiger partial charge in [-0.2, -0.15) is 0 Å². The van der Waals surface area contributed by atoms with Crippen LogP contribution in [-0.4, -0.2) is 17.4 Å². The minimum atomic E-state index is 0.627. The number of alkyl halides is 1. The molecular formula is C13H17ClN2S. The van der Waals surface area contributed by atoms with Crippen LogP contribution < -0.4 is 5.32 Å². The van der Waals surface area contributed by atoms with Crippen LogP contribution in [0.1, 0.15) is 18.4 Å². The van der Waals surface area contributed by atoms with Gasteiger partial charge in [0.1, 0.15) is 5.01 Å². The van der Waals surface area contributed by atoms with Gasteiger partial charge in [0.2, 0.25) is 0 Å². The molecule has 0 fully saturated rings. The summed E-state index contributed by atoms with van der Waals surface area (Å²) < 4.78 is 1.26. The second-order valence-electron chi connectivity index (χ2n) is 4.29. The SMILES string of the molecule is CC(CCCl)CNCc1nc2ccccc2s1. The summed E-state index contributed by atoms with van der Waals surface area (Å²) in [6.07, 6.45) is 1.06. The summed E-state index contributed by atoms with van der Waals surface area (Å²) in [7, 11) is 0. The van der Waals surface area contributed by atoms with E-state index in [4.69, 9.17) is 11.6 Å². The minimum Gasteiger partial charge on any atom is -0.310 e. The van der Waals surface area contributed by atoms with Gasteiger partial charge in [-0.15, -0.1) is 22.9 Å². The van der Waals surface area contributed by atoms with Crippen molar-refractivity contribution in [1.29, 1.82) is 0 Å². The highest BCUT2D eigenvalue weighted by molar-refractivity contribution is 7.18. The molecule has 0 bridgehead atoms. The van der Waals surface area contributed by atoms with E-state index in [-0.39, 0.29) is 0 Å². The Kier molecular flexibility index (Phi) is 4.77. The Balaban J connectivity index is 1.86. The molecule has 0 saturated carbocycles. The third kappa shape index (κ3) is 3.66. The molecule has 2 rings (SSSR count). The first-order valence-electron chi connectivity index (χ1n) is 5.90. The fraction of sp³-hybridized carbons (Fsp3) is 0.462. The van der Waals surface area contributed by atoms with E-state index in [1.54, 1.807) is 11.3 Å². The van der Waals surface area contributed by atoms with E-state index in [9.17, 15) is 0 Å². The lowest BCUT2D eigenvalue weighted by molar-refractivity contribution is 0.502. The molecule has 0 aliphatic heterocycles. The molecule has 0 radical (unpaired) electrons. The summed E-state index contributed by atoms with van der Waals surface area (Å²) in [6.45, 7) is 4.07. The van der Waals surface area contributed by atoms with Crippen LogP contribution >= 0.6 is 22.9 Å². The van der Waals surface area contributed by atoms with Gasteiger partial charge in [-0.25, -0.2) is 4.98 Å². The molecule has 1 N–H and O–H groups in total. The van der Waals surface area contributed by atoms with Crippen LogP contribution in [0.5, 0.6) is 0 Å². The first-order chi connectivity index (χ1) is 8.29. The van der Waals surface area contributed by atoms with Crippen LogP contribution in [0.3, 0.4) is 0 Å². The Bertz CT molecular complexity index is 436. The van der Waals surface area contributed by atoms with Gasteiger partial charge in [0, 0.05) is 12.4 Å². The molecule has 1 aromatic heterocycles. The van der Waals surface area contributed by atoms with Crippen LogP contribution in [0.4, 0.5) is 0 Å². The van der Waals surface area contributed by atoms with Gasteiger partial charge in [-0.1, -0.05) is 19.1 Å². The Labute approximate surface area is 111 Å². The van der Waals surface area contributed by atoms with Crippen LogP contribution in [0.25, 0.3) is 10.2 Å². The molecule has 0 aliphatic carbocycles. The molecule has 0 saturated heterocycles. The molecule has 17 heavy (non-hydrogen) atoms. The fourth-order valence-electron chi connectivity index (χ4n) is 1.71. The molecule has 1 heterocycles. The molecule has 1 aromatic carbocycles. The van der Waals surface area contributed by atoms with Crippen molar-refractivity contribution >= 4 is 33.2 Å². The Hall–Kier alpha value is -0.640. The normalized spacial score (nSPS) is 13.1. The van der Waals surface area contributed by atoms with Crippen molar-refractivity contribution in [2.75, 3.05) is 12.4 Å². The summed E-state index contributed by atoms with van der Waals surface area (Å²) >= 11 is 7.47. The number of aromatic nitrogens is 1. The molecule has 1 unspecified atom stereocenters. The Morgan fingerprint density at radius 3 is 3.00 bits per heavy atom. The standard InChI is InChI=1S/C13H17ClN2S/c1-10(6-7-14)8-15-9-13-16-11-4-2-3-5-12(11)17-13/h2-5,10,15H,6-9H2,1H3. The van der Waals surface area contributed by atoms with Crippen molar-refractivity contribution in [3.63, 3.8) is 0 Å². The second kappa shape index (κ2) is 6.34. The highest BCUT2D eigenvalue weighted by Crippen LogP contribution is 2.21. The quantitative estimate of drug-likeness (QED) is 0.809. The highest BCUT2D eigenvalue weighted by atomic mass is 35.5. The van der Waals surface area contributed by atoms with Crippen molar-refractivity contribution in [2.24, 2.45) is 5.92 Å². The van der Waals surface area contributed by atoms with Crippen molar-refractivity contribution in [1.82, 2.24) is 10.3 Å². The average Bonchev–Trinajstić information content (AvgIpc) is 2.71. The summed E-state index contributed by atoms with van der Waals surface area (Å²) in [5.74, 6) is 1.37. The lowest BCUT2D eigenvalue weighted by Crippen LogP contribution is -2.20. The summed E-state index contributed by atoms with van der Waals surface area (Å²) in [6, 6.07) is 8.26. The molecule has 4 heteroatoms. The summed E-state index contributed by atoms with van der Waals surface area (Å²) in [5, 5.41) is 4.59. The topological polar surface area (TPSA) is 24.9 Å². The van der Waals surface area contributed by atoms with E-state index in [0.29, 0.717) is 5.92 Å². The first-order valence-corrected chi connectivity index (χ1v) is 7.26. The fourth-order valence-corrected chi connectivity index (χ4v) is 3.02. The van der Waals surface area contributed by atoms with E-state index >= 15 is 0 Å². The van der Waals surface area contributed by atoms with Crippen LogP contribution in [0.2, 0.25) is 0 Å². The molecular weight excluding hydrogens is 252 g/mol. The van der Waals surface area contributed by atoms with Gasteiger partial charge in [-0.3, -0.25) is 0 Å². The predicted molar refractivity (Wildman–Crippen MR) is 75.8 cm³/mol. The lowest BCUT2D eigenvalue weighted by Gasteiger charge is -2.09. The first kappa shape index (κ1) is 12.8. The van der Waals surface area contributed by atoms with E-state index in [0.717, 1.165) is 35.9 Å². The third-order valence-electron chi connectivity index (χ3n) is 2.71. The van der Waals surface area contributed by atoms with Gasteiger partial charge in [-0.05, 0) is 31.0 Å². The number of rotatable bonds is 6. The van der Waals surface area contributed by atoms with Crippen molar-refractivity contribution in [2.45, 2.75) is 19.9 Å². The van der Waals surface area contributed by atoms with E-state index in [1.165, 1.54) is 4.70 Å². The number of benzene rings is 1. The van der Waals surface area contributed by atoms with E-state index in [2.05, 4.69) is 35.4 Å². The third-order valence-corrected chi connectivity index (χ3v) is 3.96. The second-order valence-corrected chi connectivity index (χ2v) is 5.78. The van der Waals surface area contributed by atoms with Crippen LogP contribution in [-0.2, 0) is 6.54 Å². The zero-order chi connectivity index (χ0) is 12.1. The largest absolute Gasteiger partial charge is 0.310 e. The Morgan fingerprint density at radius 2 is 2.24 bits per heavy atom. The molecule has 0 spiro atoms. The van der Waals surface area contributed by atoms with Gasteiger partial charge in [0.15, 0.2) is 0 Å². The molecule has 2 aromatic rings. The molecule has 0 amide bonds. The van der Waals surface area contributed by atoms with Crippen molar-refractivity contribution in [3.8, 4) is 0 Å². The number of thiazole rings is 1. The monoisotopic (exact) mass is 268 g/mol. The van der Waals surface area contributed by atoms with Gasteiger partial charge < -0.3 is 5.32 Å². The van der Waals surface area contributed by atoms with Crippen LogP contribution in [0, 0.1) is 5.92 Å². The summed E-state index contributed by atoms with van der Waals surface area (Å²) in [5.41, 5.74) is 1.10. The molecule has 92 valence electrons. The smallest absolute Gasteiger partial charge is 0.108 e. The summed E-state index contributed by atoms with van der Waals surface area (Å²) in [4.78, 5) is 4.59. The number of hydrogen-bond donors (Lipinski definition) is 1. The maximum absolute atomic E-state index is 5.71. The zero-order valence-electron chi connectivity index (χ0n) is 9.95. The minimum absolute atomic E-state index is 0.627. The maximum Gasteiger partial charge on any atom is 0.108 e. The number of hydrogen-bond acceptors (Lipinski definition) is 3. The van der Waals surface area contributed by atoms with Crippen molar-refractivity contribution < 1.29 is 0 Å². The van der Waals surface area contributed by atoms with Gasteiger partial charge in [0.05, 0.1) is 10.2 Å². The average molecular weight is 269 g/mol. The zero-order valence-corrected chi connectivity index (χ0v) is 11.5. The van der Waals surface area contributed by atoms with Gasteiger partial charge in [0.25, 0.3) is 0 Å². The maximum atomic E-state index is 5.71.